The fourth-order valence-electron chi connectivity index (χ4n) is 2.51. The van der Waals surface area contributed by atoms with E-state index in [-0.39, 0.29) is 16.8 Å². The third-order valence-corrected chi connectivity index (χ3v) is 6.04. The lowest BCUT2D eigenvalue weighted by Crippen LogP contribution is -2.30. The number of nitrogens with zero attached hydrogens (tertiary/aromatic N) is 1. The van der Waals surface area contributed by atoms with Crippen LogP contribution in [0.2, 0.25) is 0 Å². The number of sulfonamides is 1. The molecule has 0 bridgehead atoms. The molecule has 0 saturated carbocycles. The second kappa shape index (κ2) is 8.82. The summed E-state index contributed by atoms with van der Waals surface area (Å²) in [7, 11) is -3.47. The number of rotatable bonds is 8. The fraction of sp³-hybridized carbons (Fsp3) is 0.316. The zero-order chi connectivity index (χ0) is 19.2. The van der Waals surface area contributed by atoms with Gasteiger partial charge in [-0.25, -0.2) is 8.42 Å². The molecule has 6 nitrogen and oxygen atoms in total. The minimum atomic E-state index is -3.47. The zero-order valence-corrected chi connectivity index (χ0v) is 16.0. The average Bonchev–Trinajstić information content (AvgIpc) is 3.16. The van der Waals surface area contributed by atoms with Gasteiger partial charge in [0.25, 0.3) is 0 Å². The van der Waals surface area contributed by atoms with Crippen molar-refractivity contribution in [2.75, 3.05) is 13.1 Å². The van der Waals surface area contributed by atoms with Crippen LogP contribution in [-0.4, -0.2) is 31.7 Å². The van der Waals surface area contributed by atoms with Crippen LogP contribution in [0.3, 0.4) is 0 Å². The highest BCUT2D eigenvalue weighted by molar-refractivity contribution is 7.89. The molecule has 1 amide bonds. The second-order valence-electron chi connectivity index (χ2n) is 5.74. The molecule has 0 spiro atoms. The van der Waals surface area contributed by atoms with Gasteiger partial charge >= 0.3 is 0 Å². The maximum atomic E-state index is 12.4. The van der Waals surface area contributed by atoms with E-state index in [0.717, 1.165) is 5.56 Å². The summed E-state index contributed by atoms with van der Waals surface area (Å²) in [5.41, 5.74) is 0.740. The van der Waals surface area contributed by atoms with E-state index < -0.39 is 10.0 Å². The van der Waals surface area contributed by atoms with Gasteiger partial charge in [-0.15, -0.1) is 0 Å². The Morgan fingerprint density at radius 3 is 2.38 bits per heavy atom. The van der Waals surface area contributed by atoms with Crippen LogP contribution in [0.15, 0.2) is 58.1 Å². The molecule has 1 aromatic heterocycles. The van der Waals surface area contributed by atoms with E-state index in [1.165, 1.54) is 10.4 Å². The Balaban J connectivity index is 2.02. The summed E-state index contributed by atoms with van der Waals surface area (Å²) in [6, 6.07) is 9.79. The lowest BCUT2D eigenvalue weighted by molar-refractivity contribution is -0.117. The molecule has 0 aliphatic carbocycles. The molecule has 1 N–H and O–H groups in total. The first-order valence-corrected chi connectivity index (χ1v) is 9.94. The third-order valence-electron chi connectivity index (χ3n) is 3.98. The topological polar surface area (TPSA) is 79.6 Å². The lowest BCUT2D eigenvalue weighted by atomic mass is 10.2. The first-order valence-electron chi connectivity index (χ1n) is 8.50. The fourth-order valence-corrected chi connectivity index (χ4v) is 3.96. The predicted molar refractivity (Wildman–Crippen MR) is 101 cm³/mol. The first kappa shape index (κ1) is 19.9. The van der Waals surface area contributed by atoms with Crippen molar-refractivity contribution in [1.82, 2.24) is 9.62 Å². The highest BCUT2D eigenvalue weighted by Gasteiger charge is 2.20. The van der Waals surface area contributed by atoms with Crippen LogP contribution in [0.5, 0.6) is 0 Å². The minimum Gasteiger partial charge on any atom is -0.467 e. The lowest BCUT2D eigenvalue weighted by Gasteiger charge is -2.18. The molecule has 140 valence electrons. The van der Waals surface area contributed by atoms with Gasteiger partial charge in [0.2, 0.25) is 15.9 Å². The Morgan fingerprint density at radius 2 is 1.85 bits per heavy atom. The molecule has 26 heavy (non-hydrogen) atoms. The molecule has 1 heterocycles. The maximum Gasteiger partial charge on any atom is 0.244 e. The largest absolute Gasteiger partial charge is 0.467 e. The van der Waals surface area contributed by atoms with Crippen molar-refractivity contribution >= 4 is 22.0 Å². The number of carbonyl (C=O) groups excluding carboxylic acids is 1. The van der Waals surface area contributed by atoms with Crippen molar-refractivity contribution in [2.45, 2.75) is 31.7 Å². The molecular formula is C19H24N2O4S. The van der Waals surface area contributed by atoms with E-state index in [9.17, 15) is 13.2 Å². The van der Waals surface area contributed by atoms with Crippen LogP contribution in [0.1, 0.15) is 38.1 Å². The monoisotopic (exact) mass is 376 g/mol. The van der Waals surface area contributed by atoms with Crippen molar-refractivity contribution in [2.24, 2.45) is 0 Å². The predicted octanol–water partition coefficient (Wildman–Crippen LogP) is 3.20. The van der Waals surface area contributed by atoms with Crippen molar-refractivity contribution < 1.29 is 17.6 Å². The van der Waals surface area contributed by atoms with E-state index in [4.69, 9.17) is 4.42 Å². The standard InChI is InChI=1S/C19H24N2O4S/c1-4-21(5-2)26(23,24)17-11-8-16(9-12-17)10-13-19(22)20-15(3)18-7-6-14-25-18/h6-15H,4-5H2,1-3H3,(H,20,22)/b13-10+/t15-/m0/s1. The van der Waals surface area contributed by atoms with E-state index >= 15 is 0 Å². The van der Waals surface area contributed by atoms with E-state index in [1.807, 2.05) is 6.92 Å². The first-order chi connectivity index (χ1) is 12.4. The molecule has 0 saturated heterocycles. The number of benzene rings is 1. The number of amides is 1. The number of carbonyl (C=O) groups is 1. The minimum absolute atomic E-state index is 0.233. The van der Waals surface area contributed by atoms with Gasteiger partial charge in [0.05, 0.1) is 17.2 Å². The van der Waals surface area contributed by atoms with Crippen LogP contribution >= 0.6 is 0 Å². The Morgan fingerprint density at radius 1 is 1.19 bits per heavy atom. The second-order valence-corrected chi connectivity index (χ2v) is 7.68. The molecule has 2 aromatic rings. The summed E-state index contributed by atoms with van der Waals surface area (Å²) in [5.74, 6) is 0.423. The zero-order valence-electron chi connectivity index (χ0n) is 15.2. The molecule has 0 fully saturated rings. The molecule has 0 aliphatic heterocycles. The van der Waals surface area contributed by atoms with Crippen LogP contribution in [0.4, 0.5) is 0 Å². The quantitative estimate of drug-likeness (QED) is 0.718. The highest BCUT2D eigenvalue weighted by atomic mass is 32.2. The summed E-state index contributed by atoms with van der Waals surface area (Å²) >= 11 is 0. The van der Waals surface area contributed by atoms with Crippen molar-refractivity contribution in [3.8, 4) is 0 Å². The van der Waals surface area contributed by atoms with Gasteiger partial charge in [0.15, 0.2) is 0 Å². The molecule has 1 atom stereocenters. The van der Waals surface area contributed by atoms with Crippen LogP contribution in [0, 0.1) is 0 Å². The van der Waals surface area contributed by atoms with E-state index in [1.54, 1.807) is 62.6 Å². The van der Waals surface area contributed by atoms with Gasteiger partial charge in [-0.3, -0.25) is 4.79 Å². The summed E-state index contributed by atoms with van der Waals surface area (Å²) in [4.78, 5) is 12.2. The molecule has 0 aliphatic rings. The summed E-state index contributed by atoms with van der Waals surface area (Å²) in [6.45, 7) is 6.29. The molecule has 0 radical (unpaired) electrons. The summed E-state index contributed by atoms with van der Waals surface area (Å²) in [6.07, 6.45) is 4.60. The van der Waals surface area contributed by atoms with Crippen molar-refractivity contribution in [3.63, 3.8) is 0 Å². The van der Waals surface area contributed by atoms with E-state index in [2.05, 4.69) is 5.32 Å². The van der Waals surface area contributed by atoms with Gasteiger partial charge in [-0.05, 0) is 42.8 Å². The third kappa shape index (κ3) is 4.83. The molecule has 0 unspecified atom stereocenters. The Labute approximate surface area is 154 Å². The van der Waals surface area contributed by atoms with Crippen molar-refractivity contribution in [1.29, 1.82) is 0 Å². The number of hydrogen-bond acceptors (Lipinski definition) is 4. The summed E-state index contributed by atoms with van der Waals surface area (Å²) in [5, 5.41) is 2.80. The molecule has 1 aromatic carbocycles. The van der Waals surface area contributed by atoms with Gasteiger partial charge in [-0.1, -0.05) is 26.0 Å². The number of furan rings is 1. The van der Waals surface area contributed by atoms with Gasteiger partial charge in [0, 0.05) is 19.2 Å². The Hall–Kier alpha value is -2.38. The molecule has 7 heteroatoms. The number of nitrogens with one attached hydrogen (secondary N) is 1. The number of hydrogen-bond donors (Lipinski definition) is 1. The molecular weight excluding hydrogens is 352 g/mol. The Bertz CT molecular complexity index is 836. The normalized spacial score (nSPS) is 13.2. The van der Waals surface area contributed by atoms with Gasteiger partial charge in [-0.2, -0.15) is 4.31 Å². The molecule has 2 rings (SSSR count). The van der Waals surface area contributed by atoms with Crippen LogP contribution in [0.25, 0.3) is 6.08 Å². The average molecular weight is 376 g/mol. The van der Waals surface area contributed by atoms with Crippen LogP contribution < -0.4 is 5.32 Å². The smallest absolute Gasteiger partial charge is 0.244 e. The van der Waals surface area contributed by atoms with E-state index in [0.29, 0.717) is 18.8 Å². The maximum absolute atomic E-state index is 12.4. The van der Waals surface area contributed by atoms with Gasteiger partial charge in [0.1, 0.15) is 5.76 Å². The van der Waals surface area contributed by atoms with Crippen molar-refractivity contribution in [3.05, 3.63) is 60.1 Å². The Kier molecular flexibility index (Phi) is 6.76. The summed E-state index contributed by atoms with van der Waals surface area (Å²) < 4.78 is 31.5. The highest BCUT2D eigenvalue weighted by Crippen LogP contribution is 2.17. The van der Waals surface area contributed by atoms with Gasteiger partial charge < -0.3 is 9.73 Å². The SMILES string of the molecule is CCN(CC)S(=O)(=O)c1ccc(/C=C/C(=O)N[C@@H](C)c2ccco2)cc1. The van der Waals surface area contributed by atoms with Crippen LogP contribution in [-0.2, 0) is 14.8 Å².